The molecule has 0 heterocycles. The first-order chi connectivity index (χ1) is 20.4. The van der Waals surface area contributed by atoms with E-state index in [0.29, 0.717) is 6.42 Å². The molecule has 8 atom stereocenters. The maximum Gasteiger partial charge on any atom is 0.472 e. The van der Waals surface area contributed by atoms with Gasteiger partial charge >= 0.3 is 19.8 Å². The standard InChI is InChI=1S/C29H55O13P/c1-3-4-5-6-7-8-9-10-11-12-13-14-15-16-17-18-23(31)39-19-22(41-21(2)30)20-40-43(37,38)42-29-27(35)25(33)24(32)26(34)28(29)36/h22,24-29,32-36H,3-20H2,1-2H3,(H,37,38)/t22?,24?,25-,26+,27-,28-,29?/m1/s1. The van der Waals surface area contributed by atoms with E-state index >= 15 is 0 Å². The summed E-state index contributed by atoms with van der Waals surface area (Å²) in [5.74, 6) is -1.29. The number of hydrogen-bond acceptors (Lipinski definition) is 12. The van der Waals surface area contributed by atoms with Crippen molar-refractivity contribution in [1.82, 2.24) is 0 Å². The second-order valence-corrected chi connectivity index (χ2v) is 12.8. The van der Waals surface area contributed by atoms with Crippen LogP contribution in [-0.2, 0) is 32.7 Å². The van der Waals surface area contributed by atoms with Crippen molar-refractivity contribution in [2.24, 2.45) is 0 Å². The lowest BCUT2D eigenvalue weighted by atomic mass is 9.85. The maximum absolute atomic E-state index is 12.4. The van der Waals surface area contributed by atoms with Crippen molar-refractivity contribution in [1.29, 1.82) is 0 Å². The lowest BCUT2D eigenvalue weighted by Gasteiger charge is -2.41. The Balaban J connectivity index is 2.24. The topological polar surface area (TPSA) is 210 Å². The minimum atomic E-state index is -5.06. The van der Waals surface area contributed by atoms with Crippen molar-refractivity contribution < 1.29 is 63.1 Å². The van der Waals surface area contributed by atoms with E-state index in [4.69, 9.17) is 18.5 Å². The van der Waals surface area contributed by atoms with Crippen LogP contribution in [0.3, 0.4) is 0 Å². The fraction of sp³-hybridized carbons (Fsp3) is 0.931. The van der Waals surface area contributed by atoms with Crippen LogP contribution in [0.1, 0.15) is 117 Å². The Bertz CT molecular complexity index is 797. The van der Waals surface area contributed by atoms with Gasteiger partial charge in [0, 0.05) is 13.3 Å². The predicted molar refractivity (Wildman–Crippen MR) is 157 cm³/mol. The zero-order valence-electron chi connectivity index (χ0n) is 25.8. The molecule has 1 aliphatic carbocycles. The molecule has 43 heavy (non-hydrogen) atoms. The van der Waals surface area contributed by atoms with Crippen LogP contribution >= 0.6 is 7.82 Å². The van der Waals surface area contributed by atoms with Crippen molar-refractivity contribution in [2.75, 3.05) is 13.2 Å². The highest BCUT2D eigenvalue weighted by Crippen LogP contribution is 2.47. The van der Waals surface area contributed by atoms with Crippen molar-refractivity contribution in [3.63, 3.8) is 0 Å². The summed E-state index contributed by atoms with van der Waals surface area (Å²) in [6, 6.07) is 0. The average Bonchev–Trinajstić information content (AvgIpc) is 2.96. The molecule has 0 aromatic rings. The highest BCUT2D eigenvalue weighted by atomic mass is 31.2. The molecule has 14 heteroatoms. The Morgan fingerprint density at radius 3 is 1.53 bits per heavy atom. The minimum Gasteiger partial charge on any atom is -0.462 e. The van der Waals surface area contributed by atoms with Gasteiger partial charge in [0.25, 0.3) is 0 Å². The third kappa shape index (κ3) is 17.2. The van der Waals surface area contributed by atoms with E-state index in [9.17, 15) is 44.6 Å². The molecule has 0 bridgehead atoms. The highest BCUT2D eigenvalue weighted by Gasteiger charge is 2.51. The molecule has 0 radical (unpaired) electrons. The molecule has 4 unspecified atom stereocenters. The molecule has 1 rings (SSSR count). The number of phosphoric acid groups is 1. The van der Waals surface area contributed by atoms with Gasteiger partial charge in [0.1, 0.15) is 43.2 Å². The monoisotopic (exact) mass is 642 g/mol. The Labute approximate surface area is 255 Å². The molecular weight excluding hydrogens is 587 g/mol. The van der Waals surface area contributed by atoms with Crippen LogP contribution in [0.4, 0.5) is 0 Å². The van der Waals surface area contributed by atoms with Gasteiger partial charge in [-0.05, 0) is 6.42 Å². The van der Waals surface area contributed by atoms with E-state index in [-0.39, 0.29) is 6.42 Å². The number of aliphatic hydroxyl groups is 5. The number of ether oxygens (including phenoxy) is 2. The number of carbonyl (C=O) groups excluding carboxylic acids is 2. The van der Waals surface area contributed by atoms with Gasteiger partial charge in [0.15, 0.2) is 6.10 Å². The van der Waals surface area contributed by atoms with Crippen LogP contribution < -0.4 is 0 Å². The first kappa shape index (κ1) is 39.9. The number of aliphatic hydroxyl groups excluding tert-OH is 5. The van der Waals surface area contributed by atoms with Gasteiger partial charge in [-0.15, -0.1) is 0 Å². The molecular formula is C29H55O13P. The molecule has 13 nitrogen and oxygen atoms in total. The number of rotatable bonds is 24. The molecule has 6 N–H and O–H groups in total. The SMILES string of the molecule is CCCCCCCCCCCCCCCCCC(=O)OCC(COP(=O)(O)OC1[C@H](O)[C@H](O)C(O)[C@H](O)[C@H]1O)OC(C)=O. The second-order valence-electron chi connectivity index (χ2n) is 11.4. The Hall–Kier alpha value is -1.15. The number of carbonyl (C=O) groups is 2. The summed E-state index contributed by atoms with van der Waals surface area (Å²) >= 11 is 0. The number of hydrogen-bond donors (Lipinski definition) is 6. The van der Waals surface area contributed by atoms with Crippen LogP contribution in [-0.4, -0.2) is 98.3 Å². The molecule has 0 aromatic carbocycles. The van der Waals surface area contributed by atoms with E-state index in [1.807, 2.05) is 0 Å². The Kier molecular flexibility index (Phi) is 20.7. The number of phosphoric ester groups is 1. The third-order valence-electron chi connectivity index (χ3n) is 7.50. The smallest absolute Gasteiger partial charge is 0.462 e. The van der Waals surface area contributed by atoms with Gasteiger partial charge in [0.2, 0.25) is 0 Å². The summed E-state index contributed by atoms with van der Waals surface area (Å²) < 4.78 is 32.0. The molecule has 254 valence electrons. The van der Waals surface area contributed by atoms with Crippen LogP contribution in [0.5, 0.6) is 0 Å². The van der Waals surface area contributed by atoms with Gasteiger partial charge in [-0.1, -0.05) is 96.8 Å². The van der Waals surface area contributed by atoms with Crippen LogP contribution in [0.2, 0.25) is 0 Å². The second kappa shape index (κ2) is 22.4. The molecule has 0 aliphatic heterocycles. The summed E-state index contributed by atoms with van der Waals surface area (Å²) in [7, 11) is -5.06. The van der Waals surface area contributed by atoms with Crippen LogP contribution in [0, 0.1) is 0 Å². The molecule has 1 saturated carbocycles. The molecule has 1 aliphatic rings. The van der Waals surface area contributed by atoms with Gasteiger partial charge in [-0.3, -0.25) is 18.6 Å². The minimum absolute atomic E-state index is 0.168. The van der Waals surface area contributed by atoms with Crippen LogP contribution in [0.15, 0.2) is 0 Å². The fourth-order valence-electron chi connectivity index (χ4n) is 4.93. The predicted octanol–water partition coefficient (Wildman–Crippen LogP) is 3.04. The number of esters is 2. The normalized spacial score (nSPS) is 26.0. The Morgan fingerprint density at radius 1 is 0.674 bits per heavy atom. The quantitative estimate of drug-likeness (QED) is 0.0509. The van der Waals surface area contributed by atoms with Crippen molar-refractivity contribution in [2.45, 2.75) is 159 Å². The molecule has 0 spiro atoms. The first-order valence-electron chi connectivity index (χ1n) is 15.8. The van der Waals surface area contributed by atoms with Gasteiger partial charge in [-0.25, -0.2) is 4.57 Å². The van der Waals surface area contributed by atoms with Gasteiger partial charge < -0.3 is 39.9 Å². The van der Waals surface area contributed by atoms with E-state index in [1.54, 1.807) is 0 Å². The molecule has 0 saturated heterocycles. The third-order valence-corrected chi connectivity index (χ3v) is 8.48. The maximum atomic E-state index is 12.4. The van der Waals surface area contributed by atoms with E-state index < -0.39 is 75.7 Å². The van der Waals surface area contributed by atoms with E-state index in [0.717, 1.165) is 26.2 Å². The van der Waals surface area contributed by atoms with Crippen molar-refractivity contribution >= 4 is 19.8 Å². The largest absolute Gasteiger partial charge is 0.472 e. The zero-order valence-corrected chi connectivity index (χ0v) is 26.7. The van der Waals surface area contributed by atoms with Crippen LogP contribution in [0.25, 0.3) is 0 Å². The first-order valence-corrected chi connectivity index (χ1v) is 17.3. The highest BCUT2D eigenvalue weighted by molar-refractivity contribution is 7.47. The lowest BCUT2D eigenvalue weighted by molar-refractivity contribution is -0.220. The Morgan fingerprint density at radius 2 is 1.09 bits per heavy atom. The molecule has 0 aromatic heterocycles. The van der Waals surface area contributed by atoms with Gasteiger partial charge in [-0.2, -0.15) is 0 Å². The molecule has 1 fully saturated rings. The van der Waals surface area contributed by atoms with Gasteiger partial charge in [0.05, 0.1) is 6.61 Å². The van der Waals surface area contributed by atoms with E-state index in [1.165, 1.54) is 70.6 Å². The van der Waals surface area contributed by atoms with Crippen molar-refractivity contribution in [3.8, 4) is 0 Å². The number of unbranched alkanes of at least 4 members (excludes halogenated alkanes) is 14. The molecule has 0 amide bonds. The summed E-state index contributed by atoms with van der Waals surface area (Å²) in [4.78, 5) is 33.6. The summed E-state index contributed by atoms with van der Waals surface area (Å²) in [6.45, 7) is 2.13. The summed E-state index contributed by atoms with van der Waals surface area (Å²) in [5, 5.41) is 49.1. The van der Waals surface area contributed by atoms with E-state index in [2.05, 4.69) is 6.92 Å². The van der Waals surface area contributed by atoms with Crippen molar-refractivity contribution in [3.05, 3.63) is 0 Å². The zero-order chi connectivity index (χ0) is 32.3. The summed E-state index contributed by atoms with van der Waals surface area (Å²) in [6.07, 6.45) is 5.04. The lowest BCUT2D eigenvalue weighted by Crippen LogP contribution is -2.64. The summed E-state index contributed by atoms with van der Waals surface area (Å²) in [5.41, 5.74) is 0. The average molecular weight is 643 g/mol. The fourth-order valence-corrected chi connectivity index (χ4v) is 5.91.